The highest BCUT2D eigenvalue weighted by molar-refractivity contribution is 9.10. The van der Waals surface area contributed by atoms with Crippen LogP contribution >= 0.6 is 27.5 Å². The zero-order valence-corrected chi connectivity index (χ0v) is 19.7. The van der Waals surface area contributed by atoms with Crippen LogP contribution in [0.15, 0.2) is 76.1 Å². The molecule has 0 spiro atoms. The normalized spacial score (nSPS) is 11.5. The molecule has 0 fully saturated rings. The van der Waals surface area contributed by atoms with Crippen molar-refractivity contribution in [2.45, 2.75) is 18.0 Å². The molecule has 3 aromatic rings. The third-order valence-corrected chi connectivity index (χ3v) is 7.32. The van der Waals surface area contributed by atoms with Crippen molar-refractivity contribution in [2.75, 3.05) is 14.2 Å². The number of halogens is 2. The van der Waals surface area contributed by atoms with Gasteiger partial charge in [-0.05, 0) is 53.6 Å². The Hall–Kier alpha value is -2.06. The predicted octanol–water partition coefficient (Wildman–Crippen LogP) is 5.51. The van der Waals surface area contributed by atoms with E-state index >= 15 is 0 Å². The molecule has 0 aromatic heterocycles. The van der Waals surface area contributed by atoms with E-state index in [1.807, 2.05) is 24.3 Å². The molecule has 3 rings (SSSR count). The lowest BCUT2D eigenvalue weighted by atomic mass is 10.2. The van der Waals surface area contributed by atoms with Crippen LogP contribution in [-0.2, 0) is 23.1 Å². The molecule has 0 unspecified atom stereocenters. The fraction of sp³-hybridized carbons (Fsp3) is 0.182. The molecule has 158 valence electrons. The van der Waals surface area contributed by atoms with Crippen LogP contribution in [0, 0.1) is 0 Å². The Morgan fingerprint density at radius 3 is 1.70 bits per heavy atom. The first kappa shape index (κ1) is 22.6. The van der Waals surface area contributed by atoms with E-state index < -0.39 is 10.0 Å². The van der Waals surface area contributed by atoms with Gasteiger partial charge in [0.2, 0.25) is 10.0 Å². The van der Waals surface area contributed by atoms with E-state index in [1.165, 1.54) is 10.4 Å². The van der Waals surface area contributed by atoms with Gasteiger partial charge in [-0.3, -0.25) is 0 Å². The maximum atomic E-state index is 13.5. The van der Waals surface area contributed by atoms with Crippen LogP contribution < -0.4 is 9.47 Å². The number of ether oxygens (including phenoxy) is 2. The second kappa shape index (κ2) is 9.83. The summed E-state index contributed by atoms with van der Waals surface area (Å²) in [5, 5.41) is 0.166. The molecule has 0 radical (unpaired) electrons. The molecule has 0 aliphatic carbocycles. The smallest absolute Gasteiger partial charge is 0.245 e. The van der Waals surface area contributed by atoms with Gasteiger partial charge in [0.25, 0.3) is 0 Å². The molecule has 8 heteroatoms. The van der Waals surface area contributed by atoms with Crippen molar-refractivity contribution >= 4 is 37.6 Å². The van der Waals surface area contributed by atoms with Crippen LogP contribution in [-0.4, -0.2) is 26.9 Å². The van der Waals surface area contributed by atoms with Gasteiger partial charge in [0.05, 0.1) is 19.2 Å². The van der Waals surface area contributed by atoms with Crippen molar-refractivity contribution in [3.05, 3.63) is 87.4 Å². The van der Waals surface area contributed by atoms with Gasteiger partial charge in [0.1, 0.15) is 16.4 Å². The largest absolute Gasteiger partial charge is 0.497 e. The van der Waals surface area contributed by atoms with Crippen molar-refractivity contribution in [2.24, 2.45) is 0 Å². The zero-order valence-electron chi connectivity index (χ0n) is 16.5. The van der Waals surface area contributed by atoms with Crippen molar-refractivity contribution in [3.8, 4) is 11.5 Å². The summed E-state index contributed by atoms with van der Waals surface area (Å²) in [5.74, 6) is 1.42. The molecular weight excluding hydrogens is 490 g/mol. The summed E-state index contributed by atoms with van der Waals surface area (Å²) in [6, 6.07) is 19.4. The molecule has 0 saturated heterocycles. The average molecular weight is 511 g/mol. The Morgan fingerprint density at radius 1 is 0.833 bits per heavy atom. The highest BCUT2D eigenvalue weighted by Gasteiger charge is 2.27. The first-order valence-electron chi connectivity index (χ1n) is 9.04. The fourth-order valence-corrected chi connectivity index (χ4v) is 5.35. The molecule has 30 heavy (non-hydrogen) atoms. The van der Waals surface area contributed by atoms with E-state index in [2.05, 4.69) is 15.9 Å². The Bertz CT molecular complexity index is 1050. The van der Waals surface area contributed by atoms with Crippen LogP contribution in [0.3, 0.4) is 0 Å². The van der Waals surface area contributed by atoms with Crippen LogP contribution in [0.2, 0.25) is 5.02 Å². The number of methoxy groups -OCH3 is 2. The maximum Gasteiger partial charge on any atom is 0.245 e. The number of rotatable bonds is 8. The monoisotopic (exact) mass is 509 g/mol. The number of hydrogen-bond donors (Lipinski definition) is 0. The average Bonchev–Trinajstić information content (AvgIpc) is 2.74. The second-order valence-electron chi connectivity index (χ2n) is 6.54. The standard InChI is InChI=1S/C22H21BrClNO4S/c1-28-19-8-3-16(4-9-19)14-25(15-17-5-10-20(29-2)11-6-17)30(26,27)22-12-7-18(23)13-21(22)24/h3-13H,14-15H2,1-2H3. The van der Waals surface area contributed by atoms with E-state index in [-0.39, 0.29) is 23.0 Å². The topological polar surface area (TPSA) is 55.8 Å². The molecule has 0 atom stereocenters. The first-order chi connectivity index (χ1) is 14.3. The van der Waals surface area contributed by atoms with Crippen molar-refractivity contribution in [1.82, 2.24) is 4.31 Å². The Balaban J connectivity index is 1.97. The quantitative estimate of drug-likeness (QED) is 0.401. The number of nitrogens with zero attached hydrogens (tertiary/aromatic N) is 1. The SMILES string of the molecule is COc1ccc(CN(Cc2ccc(OC)cc2)S(=O)(=O)c2ccc(Br)cc2Cl)cc1. The Morgan fingerprint density at radius 2 is 1.30 bits per heavy atom. The summed E-state index contributed by atoms with van der Waals surface area (Å²) >= 11 is 9.59. The molecule has 3 aromatic carbocycles. The van der Waals surface area contributed by atoms with Gasteiger partial charge >= 0.3 is 0 Å². The van der Waals surface area contributed by atoms with Gasteiger partial charge in [0.15, 0.2) is 0 Å². The molecule has 0 amide bonds. The van der Waals surface area contributed by atoms with Crippen molar-refractivity contribution in [1.29, 1.82) is 0 Å². The van der Waals surface area contributed by atoms with E-state index in [1.54, 1.807) is 50.6 Å². The van der Waals surface area contributed by atoms with Crippen LogP contribution in [0.4, 0.5) is 0 Å². The second-order valence-corrected chi connectivity index (χ2v) is 9.77. The summed E-state index contributed by atoms with van der Waals surface area (Å²) < 4.78 is 39.5. The van der Waals surface area contributed by atoms with Crippen LogP contribution in [0.25, 0.3) is 0 Å². The summed E-state index contributed by atoms with van der Waals surface area (Å²) in [7, 11) is -0.682. The van der Waals surface area contributed by atoms with Crippen molar-refractivity contribution in [3.63, 3.8) is 0 Å². The third-order valence-electron chi connectivity index (χ3n) is 4.55. The summed E-state index contributed by atoms with van der Waals surface area (Å²) in [4.78, 5) is 0.0643. The summed E-state index contributed by atoms with van der Waals surface area (Å²) in [5.41, 5.74) is 1.67. The number of hydrogen-bond acceptors (Lipinski definition) is 4. The minimum absolute atomic E-state index is 0.0643. The molecule has 0 heterocycles. The minimum atomic E-state index is -3.86. The van der Waals surface area contributed by atoms with E-state index in [0.29, 0.717) is 16.0 Å². The lowest BCUT2D eigenvalue weighted by Crippen LogP contribution is -2.30. The Kier molecular flexibility index (Phi) is 7.41. The Labute approximate surface area is 190 Å². The molecule has 0 saturated carbocycles. The highest BCUT2D eigenvalue weighted by Crippen LogP contribution is 2.30. The van der Waals surface area contributed by atoms with Gasteiger partial charge < -0.3 is 9.47 Å². The molecule has 0 aliphatic heterocycles. The lowest BCUT2D eigenvalue weighted by Gasteiger charge is -2.23. The number of benzene rings is 3. The minimum Gasteiger partial charge on any atom is -0.497 e. The van der Waals surface area contributed by atoms with Gasteiger partial charge in [-0.15, -0.1) is 0 Å². The fourth-order valence-electron chi connectivity index (χ4n) is 2.92. The molecule has 0 bridgehead atoms. The molecule has 5 nitrogen and oxygen atoms in total. The number of sulfonamides is 1. The lowest BCUT2D eigenvalue weighted by molar-refractivity contribution is 0.397. The van der Waals surface area contributed by atoms with Crippen LogP contribution in [0.5, 0.6) is 11.5 Å². The van der Waals surface area contributed by atoms with Crippen LogP contribution in [0.1, 0.15) is 11.1 Å². The van der Waals surface area contributed by atoms with Crippen molar-refractivity contribution < 1.29 is 17.9 Å². The third kappa shape index (κ3) is 5.35. The molecular formula is C22H21BrClNO4S. The van der Waals surface area contributed by atoms with Gasteiger partial charge in [-0.2, -0.15) is 4.31 Å². The predicted molar refractivity (Wildman–Crippen MR) is 122 cm³/mol. The van der Waals surface area contributed by atoms with E-state index in [0.717, 1.165) is 11.1 Å². The molecule has 0 N–H and O–H groups in total. The van der Waals surface area contributed by atoms with Gasteiger partial charge in [-0.25, -0.2) is 8.42 Å². The zero-order chi connectivity index (χ0) is 21.7. The maximum absolute atomic E-state index is 13.5. The van der Waals surface area contributed by atoms with Gasteiger partial charge in [-0.1, -0.05) is 51.8 Å². The summed E-state index contributed by atoms with van der Waals surface area (Å²) in [6.45, 7) is 0.371. The molecule has 0 aliphatic rings. The van der Waals surface area contributed by atoms with E-state index in [9.17, 15) is 8.42 Å². The van der Waals surface area contributed by atoms with Gasteiger partial charge in [0, 0.05) is 17.6 Å². The summed E-state index contributed by atoms with van der Waals surface area (Å²) in [6.07, 6.45) is 0. The van der Waals surface area contributed by atoms with E-state index in [4.69, 9.17) is 21.1 Å². The highest BCUT2D eigenvalue weighted by atomic mass is 79.9. The first-order valence-corrected chi connectivity index (χ1v) is 11.7.